The lowest BCUT2D eigenvalue weighted by Crippen LogP contribution is -2.42. The van der Waals surface area contributed by atoms with E-state index in [1.54, 1.807) is 12.1 Å². The third kappa shape index (κ3) is 4.68. The summed E-state index contributed by atoms with van der Waals surface area (Å²) in [5.41, 5.74) is 0.114. The lowest BCUT2D eigenvalue weighted by atomic mass is 10.1. The molecule has 0 radical (unpaired) electrons. The fraction of sp³-hybridized carbons (Fsp3) is 0.333. The van der Waals surface area contributed by atoms with Crippen molar-refractivity contribution < 1.29 is 38.0 Å². The number of benzene rings is 2. The van der Waals surface area contributed by atoms with Crippen LogP contribution in [0.3, 0.4) is 0 Å². The number of methoxy groups -OCH3 is 3. The summed E-state index contributed by atoms with van der Waals surface area (Å²) in [6.45, 7) is 0.0603. The van der Waals surface area contributed by atoms with Gasteiger partial charge in [0.25, 0.3) is 5.91 Å². The summed E-state index contributed by atoms with van der Waals surface area (Å²) in [6, 6.07) is 10.3. The molecule has 0 spiro atoms. The van der Waals surface area contributed by atoms with Gasteiger partial charge in [0.05, 0.1) is 27.9 Å². The van der Waals surface area contributed by atoms with Crippen molar-refractivity contribution in [2.45, 2.75) is 6.10 Å². The van der Waals surface area contributed by atoms with E-state index in [0.717, 1.165) is 0 Å². The fourth-order valence-corrected chi connectivity index (χ4v) is 2.91. The molecule has 0 fully saturated rings. The number of rotatable bonds is 8. The minimum atomic E-state index is -0.728. The monoisotopic (exact) mass is 417 g/mol. The highest BCUT2D eigenvalue weighted by molar-refractivity contribution is 5.95. The van der Waals surface area contributed by atoms with Crippen molar-refractivity contribution in [1.82, 2.24) is 5.32 Å². The van der Waals surface area contributed by atoms with Gasteiger partial charge in [-0.25, -0.2) is 4.79 Å². The van der Waals surface area contributed by atoms with E-state index in [2.05, 4.69) is 5.32 Å². The zero-order chi connectivity index (χ0) is 21.5. The number of amides is 1. The van der Waals surface area contributed by atoms with Gasteiger partial charge in [-0.2, -0.15) is 0 Å². The van der Waals surface area contributed by atoms with Gasteiger partial charge in [0.2, 0.25) is 5.75 Å². The van der Waals surface area contributed by atoms with Crippen LogP contribution in [-0.4, -0.2) is 59.1 Å². The van der Waals surface area contributed by atoms with Gasteiger partial charge >= 0.3 is 5.97 Å². The van der Waals surface area contributed by atoms with Crippen LogP contribution >= 0.6 is 0 Å². The maximum Gasteiger partial charge on any atom is 0.342 e. The van der Waals surface area contributed by atoms with Gasteiger partial charge in [0.15, 0.2) is 29.6 Å². The topological polar surface area (TPSA) is 102 Å². The Hall–Kier alpha value is -3.62. The molecule has 160 valence electrons. The fourth-order valence-electron chi connectivity index (χ4n) is 2.91. The predicted octanol–water partition coefficient (Wildman–Crippen LogP) is 1.83. The Bertz CT molecular complexity index is 914. The van der Waals surface area contributed by atoms with Gasteiger partial charge in [-0.3, -0.25) is 4.79 Å². The average molecular weight is 417 g/mol. The van der Waals surface area contributed by atoms with Gasteiger partial charge in [0.1, 0.15) is 18.3 Å². The van der Waals surface area contributed by atoms with Crippen molar-refractivity contribution in [3.8, 4) is 28.7 Å². The van der Waals surface area contributed by atoms with Crippen LogP contribution in [0.25, 0.3) is 0 Å². The Morgan fingerprint density at radius 1 is 1.00 bits per heavy atom. The van der Waals surface area contributed by atoms with Crippen LogP contribution in [0.2, 0.25) is 0 Å². The molecule has 3 rings (SSSR count). The second-order valence-corrected chi connectivity index (χ2v) is 6.26. The van der Waals surface area contributed by atoms with Gasteiger partial charge < -0.3 is 33.7 Å². The molecule has 1 aliphatic rings. The first-order valence-corrected chi connectivity index (χ1v) is 9.18. The second-order valence-electron chi connectivity index (χ2n) is 6.26. The second kappa shape index (κ2) is 9.73. The van der Waals surface area contributed by atoms with Gasteiger partial charge in [-0.15, -0.1) is 0 Å². The average Bonchev–Trinajstić information content (AvgIpc) is 2.79. The quantitative estimate of drug-likeness (QED) is 0.649. The summed E-state index contributed by atoms with van der Waals surface area (Å²) in [5.74, 6) is 0.912. The number of ether oxygens (including phenoxy) is 6. The Labute approximate surface area is 173 Å². The molecule has 1 aliphatic heterocycles. The van der Waals surface area contributed by atoms with Crippen molar-refractivity contribution in [2.75, 3.05) is 41.1 Å². The van der Waals surface area contributed by atoms with E-state index in [9.17, 15) is 9.59 Å². The molecule has 2 aromatic rings. The van der Waals surface area contributed by atoms with Crippen LogP contribution < -0.4 is 29.0 Å². The van der Waals surface area contributed by atoms with Crippen LogP contribution in [0.4, 0.5) is 0 Å². The van der Waals surface area contributed by atoms with E-state index in [-0.39, 0.29) is 29.7 Å². The SMILES string of the molecule is COc1ccc(C(=O)OCC(=O)NC[C@H]2COc3ccccc3O2)c(OC)c1OC. The van der Waals surface area contributed by atoms with Gasteiger partial charge in [-0.1, -0.05) is 12.1 Å². The van der Waals surface area contributed by atoms with Crippen LogP contribution in [0, 0.1) is 0 Å². The first kappa shape index (κ1) is 21.1. The number of hydrogen-bond acceptors (Lipinski definition) is 8. The molecular formula is C21H23NO8. The van der Waals surface area contributed by atoms with Crippen LogP contribution in [0.1, 0.15) is 10.4 Å². The molecule has 0 bridgehead atoms. The van der Waals surface area contributed by atoms with Crippen molar-refractivity contribution >= 4 is 11.9 Å². The van der Waals surface area contributed by atoms with Crippen LogP contribution in [0.15, 0.2) is 36.4 Å². The van der Waals surface area contributed by atoms with E-state index < -0.39 is 18.5 Å². The van der Waals surface area contributed by atoms with Crippen molar-refractivity contribution in [3.63, 3.8) is 0 Å². The first-order valence-electron chi connectivity index (χ1n) is 9.18. The summed E-state index contributed by atoms with van der Waals surface area (Å²) in [7, 11) is 4.29. The summed E-state index contributed by atoms with van der Waals surface area (Å²) in [5, 5.41) is 2.66. The van der Waals surface area contributed by atoms with Gasteiger partial charge in [-0.05, 0) is 24.3 Å². The number of nitrogens with one attached hydrogen (secondary N) is 1. The van der Waals surface area contributed by atoms with Crippen molar-refractivity contribution in [1.29, 1.82) is 0 Å². The molecule has 1 atom stereocenters. The maximum atomic E-state index is 12.4. The van der Waals surface area contributed by atoms with E-state index in [1.807, 2.05) is 18.2 Å². The van der Waals surface area contributed by atoms with E-state index in [4.69, 9.17) is 28.4 Å². The highest BCUT2D eigenvalue weighted by Gasteiger charge is 2.23. The first-order chi connectivity index (χ1) is 14.6. The third-order valence-electron chi connectivity index (χ3n) is 4.35. The normalized spacial score (nSPS) is 14.4. The molecule has 1 heterocycles. The Balaban J connectivity index is 1.52. The zero-order valence-electron chi connectivity index (χ0n) is 16.9. The Morgan fingerprint density at radius 2 is 1.73 bits per heavy atom. The van der Waals surface area contributed by atoms with E-state index in [0.29, 0.717) is 23.9 Å². The Kier molecular flexibility index (Phi) is 6.84. The lowest BCUT2D eigenvalue weighted by molar-refractivity contribution is -0.124. The lowest BCUT2D eigenvalue weighted by Gasteiger charge is -2.26. The molecule has 0 aromatic heterocycles. The highest BCUT2D eigenvalue weighted by Crippen LogP contribution is 2.40. The molecule has 0 aliphatic carbocycles. The third-order valence-corrected chi connectivity index (χ3v) is 4.35. The van der Waals surface area contributed by atoms with Crippen molar-refractivity contribution in [3.05, 3.63) is 42.0 Å². The summed E-state index contributed by atoms with van der Waals surface area (Å²) < 4.78 is 32.1. The van der Waals surface area contributed by atoms with Crippen molar-refractivity contribution in [2.24, 2.45) is 0 Å². The number of fused-ring (bicyclic) bond motifs is 1. The standard InChI is InChI=1S/C21H23NO8/c1-25-17-9-8-14(19(26-2)20(17)27-3)21(24)29-12-18(23)22-10-13-11-28-15-6-4-5-7-16(15)30-13/h4-9,13H,10-12H2,1-3H3,(H,22,23)/t13-/m0/s1. The van der Waals surface area contributed by atoms with E-state index >= 15 is 0 Å². The minimum absolute atomic E-state index is 0.114. The minimum Gasteiger partial charge on any atom is -0.493 e. The molecule has 1 N–H and O–H groups in total. The number of carbonyl (C=O) groups excluding carboxylic acids is 2. The number of hydrogen-bond donors (Lipinski definition) is 1. The maximum absolute atomic E-state index is 12.4. The van der Waals surface area contributed by atoms with Crippen LogP contribution in [-0.2, 0) is 9.53 Å². The number of carbonyl (C=O) groups is 2. The number of esters is 1. The molecule has 9 heteroatoms. The molecule has 1 amide bonds. The largest absolute Gasteiger partial charge is 0.493 e. The molecular weight excluding hydrogens is 394 g/mol. The van der Waals surface area contributed by atoms with Crippen LogP contribution in [0.5, 0.6) is 28.7 Å². The number of para-hydroxylation sites is 2. The molecule has 0 unspecified atom stereocenters. The summed E-state index contributed by atoms with van der Waals surface area (Å²) in [6.07, 6.45) is -0.342. The summed E-state index contributed by atoms with van der Waals surface area (Å²) in [4.78, 5) is 24.5. The molecule has 30 heavy (non-hydrogen) atoms. The molecule has 0 saturated carbocycles. The highest BCUT2D eigenvalue weighted by atomic mass is 16.6. The molecule has 2 aromatic carbocycles. The smallest absolute Gasteiger partial charge is 0.342 e. The predicted molar refractivity (Wildman–Crippen MR) is 106 cm³/mol. The van der Waals surface area contributed by atoms with E-state index in [1.165, 1.54) is 27.4 Å². The molecule has 0 saturated heterocycles. The molecule has 9 nitrogen and oxygen atoms in total. The zero-order valence-corrected chi connectivity index (χ0v) is 16.9. The van der Waals surface area contributed by atoms with Gasteiger partial charge in [0, 0.05) is 0 Å². The Morgan fingerprint density at radius 3 is 2.43 bits per heavy atom. The summed E-state index contributed by atoms with van der Waals surface area (Å²) >= 11 is 0.